The zero-order chi connectivity index (χ0) is 27.6. The van der Waals surface area contributed by atoms with Gasteiger partial charge in [0.1, 0.15) is 13.2 Å². The van der Waals surface area contributed by atoms with Crippen molar-refractivity contribution in [2.24, 2.45) is 0 Å². The second-order valence-electron chi connectivity index (χ2n) is 7.47. The van der Waals surface area contributed by atoms with Crippen LogP contribution in [0, 0.1) is 0 Å². The van der Waals surface area contributed by atoms with Gasteiger partial charge in [0.15, 0.2) is 0 Å². The Morgan fingerprint density at radius 1 is 0.553 bits per heavy atom. The van der Waals surface area contributed by atoms with Gasteiger partial charge in [-0.1, -0.05) is 36.4 Å². The van der Waals surface area contributed by atoms with Gasteiger partial charge in [-0.25, -0.2) is 9.59 Å². The number of hydrogen-bond donors (Lipinski definition) is 4. The quantitative estimate of drug-likeness (QED) is 0.149. The van der Waals surface area contributed by atoms with Crippen molar-refractivity contribution < 1.29 is 38.2 Å². The van der Waals surface area contributed by atoms with Crippen LogP contribution < -0.4 is 21.3 Å². The van der Waals surface area contributed by atoms with Crippen LogP contribution in [0.15, 0.2) is 72.8 Å². The Morgan fingerprint density at radius 3 is 1.29 bits per heavy atom. The number of rotatable bonds is 14. The molecule has 0 bridgehead atoms. The summed E-state index contributed by atoms with van der Waals surface area (Å²) in [6.07, 6.45) is 1.73. The molecule has 0 radical (unpaired) electrons. The SMILES string of the molecule is O=C(CNC(=O)c1ccccc1)NCCOC(=O)/C=C/C(=O)OCCNC(=O)CNC(=O)c1ccccc1. The Morgan fingerprint density at radius 2 is 0.921 bits per heavy atom. The lowest BCUT2D eigenvalue weighted by atomic mass is 10.2. The van der Waals surface area contributed by atoms with E-state index in [0.29, 0.717) is 11.1 Å². The molecule has 0 saturated heterocycles. The van der Waals surface area contributed by atoms with Gasteiger partial charge in [-0.2, -0.15) is 0 Å². The van der Waals surface area contributed by atoms with E-state index in [4.69, 9.17) is 9.47 Å². The van der Waals surface area contributed by atoms with Crippen LogP contribution in [0.5, 0.6) is 0 Å². The van der Waals surface area contributed by atoms with Crippen LogP contribution in [0.2, 0.25) is 0 Å². The number of benzene rings is 2. The summed E-state index contributed by atoms with van der Waals surface area (Å²) in [7, 11) is 0. The molecule has 0 unspecified atom stereocenters. The zero-order valence-electron chi connectivity index (χ0n) is 20.4. The predicted octanol–water partition coefficient (Wildman–Crippen LogP) is -0.279. The van der Waals surface area contributed by atoms with E-state index in [9.17, 15) is 28.8 Å². The van der Waals surface area contributed by atoms with E-state index < -0.39 is 23.8 Å². The highest BCUT2D eigenvalue weighted by molar-refractivity contribution is 5.97. The molecule has 12 heteroatoms. The van der Waals surface area contributed by atoms with E-state index in [-0.39, 0.29) is 51.2 Å². The fourth-order valence-corrected chi connectivity index (χ4v) is 2.75. The number of hydrogen-bond acceptors (Lipinski definition) is 8. The monoisotopic (exact) mass is 524 g/mol. The number of carbonyl (C=O) groups is 6. The van der Waals surface area contributed by atoms with Crippen molar-refractivity contribution in [2.45, 2.75) is 0 Å². The highest BCUT2D eigenvalue weighted by Gasteiger charge is 2.09. The summed E-state index contributed by atoms with van der Waals surface area (Å²) in [5, 5.41) is 9.87. The lowest BCUT2D eigenvalue weighted by Gasteiger charge is -2.07. The molecule has 0 spiro atoms. The average Bonchev–Trinajstić information content (AvgIpc) is 2.94. The van der Waals surface area contributed by atoms with Crippen LogP contribution in [0.4, 0.5) is 0 Å². The van der Waals surface area contributed by atoms with Gasteiger partial charge in [0.2, 0.25) is 11.8 Å². The minimum atomic E-state index is -0.823. The molecule has 0 atom stereocenters. The van der Waals surface area contributed by atoms with Crippen LogP contribution in [-0.2, 0) is 28.7 Å². The number of nitrogens with one attached hydrogen (secondary N) is 4. The van der Waals surface area contributed by atoms with Gasteiger partial charge in [0, 0.05) is 23.3 Å². The molecule has 12 nitrogen and oxygen atoms in total. The van der Waals surface area contributed by atoms with Crippen molar-refractivity contribution in [1.82, 2.24) is 21.3 Å². The van der Waals surface area contributed by atoms with E-state index >= 15 is 0 Å². The zero-order valence-corrected chi connectivity index (χ0v) is 20.4. The minimum Gasteiger partial charge on any atom is -0.461 e. The molecule has 0 heterocycles. The van der Waals surface area contributed by atoms with E-state index in [0.717, 1.165) is 12.2 Å². The second kappa shape index (κ2) is 16.6. The van der Waals surface area contributed by atoms with Crippen LogP contribution in [0.3, 0.4) is 0 Å². The van der Waals surface area contributed by atoms with Gasteiger partial charge in [-0.15, -0.1) is 0 Å². The summed E-state index contributed by atoms with van der Waals surface area (Å²) >= 11 is 0. The molecule has 0 fully saturated rings. The summed E-state index contributed by atoms with van der Waals surface area (Å²) in [5.41, 5.74) is 0.850. The number of amides is 4. The maximum absolute atomic E-state index is 11.9. The van der Waals surface area contributed by atoms with Gasteiger partial charge < -0.3 is 30.7 Å². The summed E-state index contributed by atoms with van der Waals surface area (Å²) in [4.78, 5) is 70.5. The van der Waals surface area contributed by atoms with E-state index in [2.05, 4.69) is 21.3 Å². The number of carbonyl (C=O) groups excluding carboxylic acids is 6. The number of ether oxygens (including phenoxy) is 2. The molecule has 2 aromatic rings. The van der Waals surface area contributed by atoms with Gasteiger partial charge in [-0.3, -0.25) is 19.2 Å². The van der Waals surface area contributed by atoms with Gasteiger partial charge in [-0.05, 0) is 24.3 Å². The standard InChI is InChI=1S/C26H28N4O8/c31-21(17-29-25(35)19-7-3-1-4-8-19)27-13-15-37-23(33)11-12-24(34)38-16-14-28-22(32)18-30-26(36)20-9-5-2-6-10-20/h1-12H,13-18H2,(H,27,31)(H,28,32)(H,29,35)(H,30,36)/b12-11+. The molecule has 0 saturated carbocycles. The van der Waals surface area contributed by atoms with Crippen molar-refractivity contribution in [3.63, 3.8) is 0 Å². The Hall–Kier alpha value is -5.00. The first-order chi connectivity index (χ1) is 18.3. The maximum atomic E-state index is 11.9. The second-order valence-corrected chi connectivity index (χ2v) is 7.47. The molecule has 2 rings (SSSR count). The first kappa shape index (κ1) is 29.2. The maximum Gasteiger partial charge on any atom is 0.331 e. The van der Waals surface area contributed by atoms with Crippen LogP contribution in [0.25, 0.3) is 0 Å². The third kappa shape index (κ3) is 12.1. The largest absolute Gasteiger partial charge is 0.461 e. The van der Waals surface area contributed by atoms with Crippen molar-refractivity contribution in [3.8, 4) is 0 Å². The van der Waals surface area contributed by atoms with Crippen molar-refractivity contribution in [1.29, 1.82) is 0 Å². The predicted molar refractivity (Wildman–Crippen MR) is 135 cm³/mol. The summed E-state index contributed by atoms with van der Waals surface area (Å²) < 4.78 is 9.69. The summed E-state index contributed by atoms with van der Waals surface area (Å²) in [5.74, 6) is -3.35. The van der Waals surface area contributed by atoms with E-state index in [1.165, 1.54) is 0 Å². The lowest BCUT2D eigenvalue weighted by molar-refractivity contribution is -0.140. The van der Waals surface area contributed by atoms with Gasteiger partial charge >= 0.3 is 11.9 Å². The molecule has 2 aromatic carbocycles. The third-order valence-electron chi connectivity index (χ3n) is 4.58. The average molecular weight is 525 g/mol. The van der Waals surface area contributed by atoms with Gasteiger partial charge in [0.05, 0.1) is 26.2 Å². The molecule has 0 aromatic heterocycles. The highest BCUT2D eigenvalue weighted by Crippen LogP contribution is 1.98. The Labute approximate surface area is 218 Å². The van der Waals surface area contributed by atoms with Crippen LogP contribution >= 0.6 is 0 Å². The minimum absolute atomic E-state index is 0.00949. The fourth-order valence-electron chi connectivity index (χ4n) is 2.75. The van der Waals surface area contributed by atoms with Crippen molar-refractivity contribution >= 4 is 35.6 Å². The smallest absolute Gasteiger partial charge is 0.331 e. The fraction of sp³-hybridized carbons (Fsp3) is 0.231. The molecule has 4 N–H and O–H groups in total. The molecule has 0 aliphatic rings. The molecular weight excluding hydrogens is 496 g/mol. The normalized spacial score (nSPS) is 10.2. The molecule has 4 amide bonds. The van der Waals surface area contributed by atoms with Gasteiger partial charge in [0.25, 0.3) is 11.8 Å². The van der Waals surface area contributed by atoms with E-state index in [1.54, 1.807) is 60.7 Å². The summed E-state index contributed by atoms with van der Waals surface area (Å²) in [6, 6.07) is 16.8. The van der Waals surface area contributed by atoms with E-state index in [1.807, 2.05) is 0 Å². The third-order valence-corrected chi connectivity index (χ3v) is 4.58. The Kier molecular flexibility index (Phi) is 12.8. The summed E-state index contributed by atoms with van der Waals surface area (Å²) in [6.45, 7) is -0.760. The van der Waals surface area contributed by atoms with Crippen molar-refractivity contribution in [3.05, 3.63) is 83.9 Å². The molecule has 38 heavy (non-hydrogen) atoms. The first-order valence-electron chi connectivity index (χ1n) is 11.6. The molecule has 200 valence electrons. The first-order valence-corrected chi connectivity index (χ1v) is 11.6. The Balaban J connectivity index is 1.49. The Bertz CT molecular complexity index is 1050. The highest BCUT2D eigenvalue weighted by atomic mass is 16.5. The molecule has 0 aliphatic heterocycles. The number of esters is 2. The molecule has 0 aliphatic carbocycles. The molecular formula is C26H28N4O8. The van der Waals surface area contributed by atoms with Crippen LogP contribution in [0.1, 0.15) is 20.7 Å². The lowest BCUT2D eigenvalue weighted by Crippen LogP contribution is -2.38. The topological polar surface area (TPSA) is 169 Å². The van der Waals surface area contributed by atoms with Crippen molar-refractivity contribution in [2.75, 3.05) is 39.4 Å². The van der Waals surface area contributed by atoms with Crippen LogP contribution in [-0.4, -0.2) is 75.0 Å².